The van der Waals surface area contributed by atoms with E-state index in [1.807, 2.05) is 58.9 Å². The first-order valence-electron chi connectivity index (χ1n) is 7.46. The van der Waals surface area contributed by atoms with Crippen LogP contribution in [0.25, 0.3) is 0 Å². The van der Waals surface area contributed by atoms with Gasteiger partial charge in [-0.1, -0.05) is 32.9 Å². The highest BCUT2D eigenvalue weighted by Crippen LogP contribution is 2.14. The van der Waals surface area contributed by atoms with Gasteiger partial charge in [0, 0.05) is 30.6 Å². The molecule has 21 heavy (non-hydrogen) atoms. The molecule has 1 aromatic rings. The van der Waals surface area contributed by atoms with Crippen molar-refractivity contribution in [1.29, 1.82) is 0 Å². The van der Waals surface area contributed by atoms with E-state index in [1.54, 1.807) is 4.90 Å². The summed E-state index contributed by atoms with van der Waals surface area (Å²) in [6.45, 7) is 11.4. The van der Waals surface area contributed by atoms with Crippen LogP contribution in [0.1, 0.15) is 50.5 Å². The highest BCUT2D eigenvalue weighted by atomic mass is 16.2. The lowest BCUT2D eigenvalue weighted by atomic mass is 9.95. The molecule has 1 aromatic carbocycles. The number of nitrogens with one attached hydrogen (secondary N) is 1. The van der Waals surface area contributed by atoms with Crippen LogP contribution in [0.3, 0.4) is 0 Å². The van der Waals surface area contributed by atoms with E-state index in [4.69, 9.17) is 0 Å². The van der Waals surface area contributed by atoms with Crippen molar-refractivity contribution < 1.29 is 9.59 Å². The zero-order valence-corrected chi connectivity index (χ0v) is 13.7. The molecule has 0 aliphatic carbocycles. The average molecular weight is 290 g/mol. The van der Waals surface area contributed by atoms with Crippen molar-refractivity contribution in [3.05, 3.63) is 35.4 Å². The first-order valence-corrected chi connectivity index (χ1v) is 7.46. The Morgan fingerprint density at radius 3 is 2.29 bits per heavy atom. The molecule has 1 N–H and O–H groups in total. The smallest absolute Gasteiger partial charge is 0.253 e. The van der Waals surface area contributed by atoms with Crippen molar-refractivity contribution in [2.75, 3.05) is 13.1 Å². The molecule has 2 amide bonds. The third kappa shape index (κ3) is 4.88. The van der Waals surface area contributed by atoms with Crippen LogP contribution in [0, 0.1) is 5.41 Å². The van der Waals surface area contributed by atoms with Crippen molar-refractivity contribution in [1.82, 2.24) is 10.2 Å². The third-order valence-electron chi connectivity index (χ3n) is 3.36. The molecule has 0 aliphatic rings. The second-order valence-corrected chi connectivity index (χ2v) is 6.11. The zero-order valence-electron chi connectivity index (χ0n) is 13.7. The summed E-state index contributed by atoms with van der Waals surface area (Å²) in [6, 6.07) is 7.44. The molecule has 1 rings (SSSR count). The molecule has 0 spiro atoms. The zero-order chi connectivity index (χ0) is 16.0. The number of nitrogens with zero attached hydrogens (tertiary/aromatic N) is 1. The maximum absolute atomic E-state index is 12.3. The Kier molecular flexibility index (Phi) is 5.94. The molecule has 0 unspecified atom stereocenters. The van der Waals surface area contributed by atoms with Gasteiger partial charge in [0.05, 0.1) is 0 Å². The van der Waals surface area contributed by atoms with Gasteiger partial charge in [-0.3, -0.25) is 9.59 Å². The largest absolute Gasteiger partial charge is 0.352 e. The van der Waals surface area contributed by atoms with Crippen LogP contribution in [0.15, 0.2) is 24.3 Å². The van der Waals surface area contributed by atoms with E-state index in [1.165, 1.54) is 0 Å². The molecular weight excluding hydrogens is 264 g/mol. The summed E-state index contributed by atoms with van der Waals surface area (Å²) < 4.78 is 0. The fourth-order valence-electron chi connectivity index (χ4n) is 1.96. The highest BCUT2D eigenvalue weighted by Gasteiger charge is 2.20. The minimum atomic E-state index is -0.408. The summed E-state index contributed by atoms with van der Waals surface area (Å²) in [5.41, 5.74) is 1.20. The number of amides is 2. The highest BCUT2D eigenvalue weighted by molar-refractivity contribution is 5.94. The second-order valence-electron chi connectivity index (χ2n) is 6.11. The topological polar surface area (TPSA) is 49.4 Å². The van der Waals surface area contributed by atoms with Gasteiger partial charge >= 0.3 is 0 Å². The Morgan fingerprint density at radius 2 is 1.76 bits per heavy atom. The van der Waals surface area contributed by atoms with E-state index >= 15 is 0 Å². The number of benzene rings is 1. The van der Waals surface area contributed by atoms with E-state index in [9.17, 15) is 9.59 Å². The molecule has 0 bridgehead atoms. The molecule has 0 saturated heterocycles. The van der Waals surface area contributed by atoms with Crippen LogP contribution in [0.2, 0.25) is 0 Å². The van der Waals surface area contributed by atoms with E-state index in [-0.39, 0.29) is 11.8 Å². The number of carbonyl (C=O) groups excluding carboxylic acids is 2. The third-order valence-corrected chi connectivity index (χ3v) is 3.36. The number of hydrogen-bond donors (Lipinski definition) is 1. The molecule has 0 heterocycles. The average Bonchev–Trinajstić information content (AvgIpc) is 2.45. The van der Waals surface area contributed by atoms with E-state index in [2.05, 4.69) is 5.32 Å². The van der Waals surface area contributed by atoms with Gasteiger partial charge in [0.2, 0.25) is 5.91 Å². The maximum atomic E-state index is 12.3. The Balaban J connectivity index is 2.77. The van der Waals surface area contributed by atoms with Crippen LogP contribution in [0.4, 0.5) is 0 Å². The maximum Gasteiger partial charge on any atom is 0.253 e. The molecule has 0 fully saturated rings. The summed E-state index contributed by atoms with van der Waals surface area (Å²) in [4.78, 5) is 26.0. The molecule has 0 aromatic heterocycles. The van der Waals surface area contributed by atoms with Crippen molar-refractivity contribution in [3.63, 3.8) is 0 Å². The van der Waals surface area contributed by atoms with Crippen LogP contribution >= 0.6 is 0 Å². The van der Waals surface area contributed by atoms with Gasteiger partial charge in [0.1, 0.15) is 0 Å². The number of carbonyl (C=O) groups is 2. The standard InChI is InChI=1S/C17H26N2O2/c1-6-19(7-2)15(20)14-10-8-9-13(11-14)12-18-16(21)17(3,4)5/h8-11H,6-7,12H2,1-5H3,(H,18,21). The van der Waals surface area contributed by atoms with Crippen LogP contribution < -0.4 is 5.32 Å². The van der Waals surface area contributed by atoms with Gasteiger partial charge in [0.15, 0.2) is 0 Å². The molecule has 116 valence electrons. The monoisotopic (exact) mass is 290 g/mol. The van der Waals surface area contributed by atoms with E-state index in [0.717, 1.165) is 5.56 Å². The Morgan fingerprint density at radius 1 is 1.14 bits per heavy atom. The van der Waals surface area contributed by atoms with Crippen LogP contribution in [-0.4, -0.2) is 29.8 Å². The van der Waals surface area contributed by atoms with Crippen LogP contribution in [0.5, 0.6) is 0 Å². The summed E-state index contributed by atoms with van der Waals surface area (Å²) in [7, 11) is 0. The minimum absolute atomic E-state index is 0.00275. The summed E-state index contributed by atoms with van der Waals surface area (Å²) in [5, 5.41) is 2.90. The Hall–Kier alpha value is -1.84. The Bertz CT molecular complexity index is 500. The molecule has 4 heteroatoms. The van der Waals surface area contributed by atoms with Crippen molar-refractivity contribution in [3.8, 4) is 0 Å². The van der Waals surface area contributed by atoms with Gasteiger partial charge in [-0.25, -0.2) is 0 Å². The van der Waals surface area contributed by atoms with E-state index in [0.29, 0.717) is 25.2 Å². The lowest BCUT2D eigenvalue weighted by Gasteiger charge is -2.20. The molecule has 0 atom stereocenters. The molecular formula is C17H26N2O2. The minimum Gasteiger partial charge on any atom is -0.352 e. The van der Waals surface area contributed by atoms with Crippen molar-refractivity contribution in [2.24, 2.45) is 5.41 Å². The quantitative estimate of drug-likeness (QED) is 0.906. The second kappa shape index (κ2) is 7.25. The molecule has 0 saturated carbocycles. The van der Waals surface area contributed by atoms with Gasteiger partial charge in [0.25, 0.3) is 5.91 Å². The van der Waals surface area contributed by atoms with Crippen LogP contribution in [-0.2, 0) is 11.3 Å². The van der Waals surface area contributed by atoms with Crippen molar-refractivity contribution in [2.45, 2.75) is 41.2 Å². The normalized spacial score (nSPS) is 11.1. The first kappa shape index (κ1) is 17.2. The van der Waals surface area contributed by atoms with Crippen molar-refractivity contribution >= 4 is 11.8 Å². The molecule has 4 nitrogen and oxygen atoms in total. The lowest BCUT2D eigenvalue weighted by Crippen LogP contribution is -2.34. The Labute approximate surface area is 127 Å². The first-order chi connectivity index (χ1) is 9.79. The summed E-state index contributed by atoms with van der Waals surface area (Å²) in [6.07, 6.45) is 0. The van der Waals surface area contributed by atoms with Gasteiger partial charge in [-0.05, 0) is 31.5 Å². The lowest BCUT2D eigenvalue weighted by molar-refractivity contribution is -0.128. The summed E-state index contributed by atoms with van der Waals surface area (Å²) in [5.74, 6) is 0.0342. The molecule has 0 radical (unpaired) electrons. The fraction of sp³-hybridized carbons (Fsp3) is 0.529. The number of hydrogen-bond acceptors (Lipinski definition) is 2. The van der Waals surface area contributed by atoms with Gasteiger partial charge in [-0.15, -0.1) is 0 Å². The fourth-order valence-corrected chi connectivity index (χ4v) is 1.96. The number of rotatable bonds is 5. The summed E-state index contributed by atoms with van der Waals surface area (Å²) >= 11 is 0. The molecule has 0 aliphatic heterocycles. The SMILES string of the molecule is CCN(CC)C(=O)c1cccc(CNC(=O)C(C)(C)C)c1. The van der Waals surface area contributed by atoms with Gasteiger partial charge in [-0.2, -0.15) is 0 Å². The predicted octanol–water partition coefficient (Wildman–Crippen LogP) is 2.83. The predicted molar refractivity (Wildman–Crippen MR) is 85.0 cm³/mol. The van der Waals surface area contributed by atoms with Gasteiger partial charge < -0.3 is 10.2 Å². The van der Waals surface area contributed by atoms with E-state index < -0.39 is 5.41 Å².